The number of furan rings is 1. The summed E-state index contributed by atoms with van der Waals surface area (Å²) in [4.78, 5) is 2.42. The molecule has 0 amide bonds. The fourth-order valence-electron chi connectivity index (χ4n) is 3.40. The Hall–Kier alpha value is -0.800. The number of hydrogen-bond donors (Lipinski definition) is 1. The van der Waals surface area contributed by atoms with E-state index in [2.05, 4.69) is 43.2 Å². The van der Waals surface area contributed by atoms with Gasteiger partial charge in [-0.1, -0.05) is 26.7 Å². The van der Waals surface area contributed by atoms with Crippen molar-refractivity contribution in [3.05, 3.63) is 23.7 Å². The van der Waals surface area contributed by atoms with Gasteiger partial charge in [0.2, 0.25) is 0 Å². The molecule has 0 bridgehead atoms. The molecule has 1 N–H and O–H groups in total. The number of aryl methyl sites for hydroxylation is 1. The van der Waals surface area contributed by atoms with Crippen LogP contribution in [0.1, 0.15) is 51.1 Å². The minimum absolute atomic E-state index is 0.459. The SMILES string of the molecule is Cc1ccc(CN(C)CC2(CNC(C)C)CCCC2)o1. The molecule has 0 aromatic carbocycles. The standard InChI is InChI=1S/C17H30N2O/c1-14(2)18-12-17(9-5-6-10-17)13-19(4)11-16-8-7-15(3)20-16/h7-8,14,18H,5-6,9-13H2,1-4H3. The van der Waals surface area contributed by atoms with Crippen molar-refractivity contribution >= 4 is 0 Å². The predicted octanol–water partition coefficient (Wildman–Crippen LogP) is 3.58. The van der Waals surface area contributed by atoms with Crippen LogP contribution in [0.15, 0.2) is 16.5 Å². The molecule has 1 heterocycles. The van der Waals surface area contributed by atoms with Gasteiger partial charge in [0.05, 0.1) is 6.54 Å². The molecule has 1 aromatic heterocycles. The van der Waals surface area contributed by atoms with E-state index in [-0.39, 0.29) is 0 Å². The quantitative estimate of drug-likeness (QED) is 0.826. The Morgan fingerprint density at radius 2 is 2.00 bits per heavy atom. The first-order chi connectivity index (χ1) is 9.49. The second-order valence-corrected chi connectivity index (χ2v) is 6.93. The van der Waals surface area contributed by atoms with E-state index in [9.17, 15) is 0 Å². The smallest absolute Gasteiger partial charge is 0.118 e. The summed E-state index contributed by atoms with van der Waals surface area (Å²) in [5.41, 5.74) is 0.459. The van der Waals surface area contributed by atoms with Crippen LogP contribution >= 0.6 is 0 Å². The molecule has 1 fully saturated rings. The van der Waals surface area contributed by atoms with Gasteiger partial charge in [0.15, 0.2) is 0 Å². The minimum Gasteiger partial charge on any atom is -0.465 e. The van der Waals surface area contributed by atoms with Crippen LogP contribution in [0.2, 0.25) is 0 Å². The lowest BCUT2D eigenvalue weighted by Gasteiger charge is -2.34. The van der Waals surface area contributed by atoms with Gasteiger partial charge in [-0.3, -0.25) is 4.90 Å². The molecule has 20 heavy (non-hydrogen) atoms. The van der Waals surface area contributed by atoms with E-state index >= 15 is 0 Å². The average molecular weight is 278 g/mol. The Balaban J connectivity index is 1.90. The molecule has 0 radical (unpaired) electrons. The van der Waals surface area contributed by atoms with E-state index in [1.54, 1.807) is 0 Å². The van der Waals surface area contributed by atoms with Crippen LogP contribution in [0.4, 0.5) is 0 Å². The normalized spacial score (nSPS) is 18.3. The number of hydrogen-bond acceptors (Lipinski definition) is 3. The van der Waals surface area contributed by atoms with Crippen LogP contribution < -0.4 is 5.32 Å². The van der Waals surface area contributed by atoms with Gasteiger partial charge in [0, 0.05) is 19.1 Å². The molecule has 1 aliphatic rings. The lowest BCUT2D eigenvalue weighted by Crippen LogP contribution is -2.42. The van der Waals surface area contributed by atoms with Crippen LogP contribution in [0.5, 0.6) is 0 Å². The summed E-state index contributed by atoms with van der Waals surface area (Å²) >= 11 is 0. The highest BCUT2D eigenvalue weighted by atomic mass is 16.3. The zero-order chi connectivity index (χ0) is 14.6. The van der Waals surface area contributed by atoms with Crippen molar-refractivity contribution in [2.45, 2.75) is 59.0 Å². The van der Waals surface area contributed by atoms with Crippen molar-refractivity contribution < 1.29 is 4.42 Å². The highest BCUT2D eigenvalue weighted by Crippen LogP contribution is 2.38. The maximum atomic E-state index is 5.69. The van der Waals surface area contributed by atoms with Crippen LogP contribution in [0.25, 0.3) is 0 Å². The number of nitrogens with zero attached hydrogens (tertiary/aromatic N) is 1. The molecule has 0 saturated heterocycles. The Morgan fingerprint density at radius 3 is 2.55 bits per heavy atom. The summed E-state index contributed by atoms with van der Waals surface area (Å²) in [6.45, 7) is 9.69. The van der Waals surface area contributed by atoms with Crippen LogP contribution in [0, 0.1) is 12.3 Å². The molecule has 114 valence electrons. The molecule has 0 unspecified atom stereocenters. The highest BCUT2D eigenvalue weighted by molar-refractivity contribution is 5.05. The van der Waals surface area contributed by atoms with Gasteiger partial charge < -0.3 is 9.73 Å². The molecule has 2 rings (SSSR count). The van der Waals surface area contributed by atoms with Gasteiger partial charge >= 0.3 is 0 Å². The second kappa shape index (κ2) is 6.77. The van der Waals surface area contributed by atoms with Gasteiger partial charge in [0.1, 0.15) is 11.5 Å². The molecule has 3 nitrogen and oxygen atoms in total. The van der Waals surface area contributed by atoms with E-state index in [0.717, 1.165) is 31.2 Å². The first kappa shape index (κ1) is 15.6. The molecule has 0 spiro atoms. The van der Waals surface area contributed by atoms with Gasteiger partial charge in [-0.15, -0.1) is 0 Å². The highest BCUT2D eigenvalue weighted by Gasteiger charge is 2.34. The fourth-order valence-corrected chi connectivity index (χ4v) is 3.40. The monoisotopic (exact) mass is 278 g/mol. The van der Waals surface area contributed by atoms with Gasteiger partial charge in [0.25, 0.3) is 0 Å². The van der Waals surface area contributed by atoms with Crippen molar-refractivity contribution in [3.63, 3.8) is 0 Å². The third-order valence-electron chi connectivity index (χ3n) is 4.38. The van der Waals surface area contributed by atoms with Gasteiger partial charge in [-0.25, -0.2) is 0 Å². The minimum atomic E-state index is 0.459. The molecular formula is C17H30N2O. The Morgan fingerprint density at radius 1 is 1.30 bits per heavy atom. The van der Waals surface area contributed by atoms with Crippen molar-refractivity contribution in [2.75, 3.05) is 20.1 Å². The molecule has 1 saturated carbocycles. The predicted molar refractivity (Wildman–Crippen MR) is 83.8 cm³/mol. The molecule has 0 aliphatic heterocycles. The maximum Gasteiger partial charge on any atom is 0.118 e. The summed E-state index contributed by atoms with van der Waals surface area (Å²) in [6.07, 6.45) is 5.48. The van der Waals surface area contributed by atoms with Crippen LogP contribution in [0.3, 0.4) is 0 Å². The van der Waals surface area contributed by atoms with E-state index in [0.29, 0.717) is 11.5 Å². The topological polar surface area (TPSA) is 28.4 Å². The van der Waals surface area contributed by atoms with Crippen molar-refractivity contribution in [1.29, 1.82) is 0 Å². The first-order valence-corrected chi connectivity index (χ1v) is 7.96. The first-order valence-electron chi connectivity index (χ1n) is 7.96. The third kappa shape index (κ3) is 4.35. The van der Waals surface area contributed by atoms with E-state index in [1.165, 1.54) is 25.7 Å². The van der Waals surface area contributed by atoms with Crippen LogP contribution in [-0.4, -0.2) is 31.1 Å². The molecule has 1 aromatic rings. The lowest BCUT2D eigenvalue weighted by molar-refractivity contribution is 0.157. The summed E-state index contributed by atoms with van der Waals surface area (Å²) in [7, 11) is 2.22. The van der Waals surface area contributed by atoms with Gasteiger partial charge in [-0.05, 0) is 44.4 Å². The van der Waals surface area contributed by atoms with E-state index < -0.39 is 0 Å². The van der Waals surface area contributed by atoms with E-state index in [4.69, 9.17) is 4.42 Å². The Labute approximate surface area is 123 Å². The zero-order valence-electron chi connectivity index (χ0n) is 13.5. The number of rotatable bonds is 7. The molecule has 1 aliphatic carbocycles. The molecule has 0 atom stereocenters. The molecule has 3 heteroatoms. The summed E-state index contributed by atoms with van der Waals surface area (Å²) < 4.78 is 5.69. The number of nitrogens with one attached hydrogen (secondary N) is 1. The summed E-state index contributed by atoms with van der Waals surface area (Å²) in [6, 6.07) is 4.72. The Bertz CT molecular complexity index is 405. The third-order valence-corrected chi connectivity index (χ3v) is 4.38. The summed E-state index contributed by atoms with van der Waals surface area (Å²) in [5.74, 6) is 2.08. The van der Waals surface area contributed by atoms with Crippen molar-refractivity contribution in [2.24, 2.45) is 5.41 Å². The van der Waals surface area contributed by atoms with Crippen molar-refractivity contribution in [3.8, 4) is 0 Å². The Kier molecular flexibility index (Phi) is 5.28. The summed E-state index contributed by atoms with van der Waals surface area (Å²) in [5, 5.41) is 3.65. The van der Waals surface area contributed by atoms with Crippen molar-refractivity contribution in [1.82, 2.24) is 10.2 Å². The fraction of sp³-hybridized carbons (Fsp3) is 0.765. The maximum absolute atomic E-state index is 5.69. The second-order valence-electron chi connectivity index (χ2n) is 6.93. The van der Waals surface area contributed by atoms with Crippen LogP contribution in [-0.2, 0) is 6.54 Å². The molecular weight excluding hydrogens is 248 g/mol. The average Bonchev–Trinajstić information content (AvgIpc) is 2.97. The van der Waals surface area contributed by atoms with E-state index in [1.807, 2.05) is 6.92 Å². The van der Waals surface area contributed by atoms with Gasteiger partial charge in [-0.2, -0.15) is 0 Å². The zero-order valence-corrected chi connectivity index (χ0v) is 13.5. The lowest BCUT2D eigenvalue weighted by atomic mass is 9.85. The largest absolute Gasteiger partial charge is 0.465 e.